The first kappa shape index (κ1) is 75.2. The number of hydrogen-bond donors (Lipinski definition) is 1. The molecule has 0 spiro atoms. The quantitative estimate of drug-likeness (QED) is 0.0211. The molecule has 0 rings (SSSR count). The molecule has 0 aromatic heterocycles. The number of ether oxygens (including phenoxy) is 2. The van der Waals surface area contributed by atoms with Gasteiger partial charge in [0.2, 0.25) is 0 Å². The van der Waals surface area contributed by atoms with Crippen LogP contribution in [0.5, 0.6) is 0 Å². The second-order valence-corrected chi connectivity index (χ2v) is 23.2. The van der Waals surface area contributed by atoms with Crippen LogP contribution in [-0.2, 0) is 32.7 Å². The summed E-state index contributed by atoms with van der Waals surface area (Å²) >= 11 is 0. The molecule has 0 heterocycles. The highest BCUT2D eigenvalue weighted by atomic mass is 31.2. The van der Waals surface area contributed by atoms with Crippen LogP contribution in [0, 0.1) is 0 Å². The number of carbonyl (C=O) groups is 2. The molecule has 0 aromatic carbocycles. The number of hydrogen-bond acceptors (Lipinski definition) is 7. The van der Waals surface area contributed by atoms with Crippen molar-refractivity contribution in [1.29, 1.82) is 0 Å². The van der Waals surface area contributed by atoms with Gasteiger partial charge in [-0.2, -0.15) is 0 Å². The number of carbonyl (C=O) groups excluding carboxylic acids is 2. The second-order valence-electron chi connectivity index (χ2n) is 21.7. The fraction of sp³-hybridized carbons (Fsp3) is 0.652. The average Bonchev–Trinajstić information content (AvgIpc) is 3.41. The molecule has 0 fully saturated rings. The lowest BCUT2D eigenvalue weighted by atomic mass is 10.1. The zero-order valence-corrected chi connectivity index (χ0v) is 52.0. The number of quaternary nitrogens is 1. The molecule has 0 aliphatic heterocycles. The van der Waals surface area contributed by atoms with Gasteiger partial charge in [-0.05, 0) is 116 Å². The van der Waals surface area contributed by atoms with E-state index in [1.807, 2.05) is 21.1 Å². The molecule has 10 heteroatoms. The van der Waals surface area contributed by atoms with Gasteiger partial charge in [0.25, 0.3) is 0 Å². The van der Waals surface area contributed by atoms with Crippen molar-refractivity contribution in [3.05, 3.63) is 134 Å². The summed E-state index contributed by atoms with van der Waals surface area (Å²) in [6, 6.07) is 0. The first-order chi connectivity index (χ1) is 38.5. The van der Waals surface area contributed by atoms with Crippen molar-refractivity contribution in [2.75, 3.05) is 47.5 Å². The maximum atomic E-state index is 12.8. The van der Waals surface area contributed by atoms with E-state index in [1.54, 1.807) is 0 Å². The lowest BCUT2D eigenvalue weighted by Gasteiger charge is -2.24. The highest BCUT2D eigenvalue weighted by Crippen LogP contribution is 2.43. The number of esters is 2. The van der Waals surface area contributed by atoms with Crippen molar-refractivity contribution in [3.63, 3.8) is 0 Å². The van der Waals surface area contributed by atoms with Gasteiger partial charge >= 0.3 is 19.8 Å². The summed E-state index contributed by atoms with van der Waals surface area (Å²) < 4.78 is 34.6. The standard InChI is InChI=1S/C69H116NO8P/c1-6-8-10-12-14-16-18-20-22-24-25-26-27-28-29-30-31-32-33-34-35-36-37-38-39-40-41-42-43-44-45-46-48-50-52-54-56-58-60-62-69(72)78-67(66-77-79(73,74)76-64-63-70(3,4)5)65-75-68(71)61-59-57-55-53-51-49-47-23-21-19-17-15-13-11-9-7-2/h8,10,14,16,20,22-23,25-26,28-29,31-32,34-35,37-38,40-41,43-44,47,67H,6-7,9,11-13,15,17-19,21,24,27,30,33,36,39,42,45-46,48-66H2,1-5H3/p+1/b10-8-,16-14-,22-20-,26-25-,29-28-,32-31-,35-34-,38-37-,41-40-,44-43-,47-23-. The predicted molar refractivity (Wildman–Crippen MR) is 339 cm³/mol. The van der Waals surface area contributed by atoms with E-state index in [4.69, 9.17) is 18.5 Å². The maximum Gasteiger partial charge on any atom is 0.472 e. The Labute approximate surface area is 485 Å². The van der Waals surface area contributed by atoms with Crippen LogP contribution in [0.3, 0.4) is 0 Å². The zero-order valence-electron chi connectivity index (χ0n) is 51.1. The summed E-state index contributed by atoms with van der Waals surface area (Å²) in [4.78, 5) is 35.7. The predicted octanol–water partition coefficient (Wildman–Crippen LogP) is 20.1. The molecule has 2 atom stereocenters. The molecule has 0 bridgehead atoms. The third-order valence-electron chi connectivity index (χ3n) is 12.9. The van der Waals surface area contributed by atoms with Crippen LogP contribution < -0.4 is 0 Å². The minimum atomic E-state index is -4.40. The third-order valence-corrected chi connectivity index (χ3v) is 13.9. The first-order valence-corrected chi connectivity index (χ1v) is 32.9. The van der Waals surface area contributed by atoms with Crippen molar-refractivity contribution < 1.29 is 42.1 Å². The van der Waals surface area contributed by atoms with Crippen LogP contribution in [-0.4, -0.2) is 74.9 Å². The fourth-order valence-corrected chi connectivity index (χ4v) is 8.84. The molecule has 0 saturated heterocycles. The van der Waals surface area contributed by atoms with E-state index >= 15 is 0 Å². The molecule has 1 N–H and O–H groups in total. The highest BCUT2D eigenvalue weighted by molar-refractivity contribution is 7.47. The lowest BCUT2D eigenvalue weighted by molar-refractivity contribution is -0.870. The van der Waals surface area contributed by atoms with E-state index < -0.39 is 26.5 Å². The van der Waals surface area contributed by atoms with E-state index in [0.29, 0.717) is 17.4 Å². The molecule has 0 saturated carbocycles. The van der Waals surface area contributed by atoms with E-state index in [0.717, 1.165) is 128 Å². The molecule has 2 unspecified atom stereocenters. The molecule has 450 valence electrons. The van der Waals surface area contributed by atoms with Gasteiger partial charge < -0.3 is 18.9 Å². The minimum Gasteiger partial charge on any atom is -0.462 e. The molecule has 0 aliphatic carbocycles. The molecule has 9 nitrogen and oxygen atoms in total. The average molecular weight is 1120 g/mol. The summed E-state index contributed by atoms with van der Waals surface area (Å²) in [7, 11) is 1.45. The number of phosphoric acid groups is 1. The number of phosphoric ester groups is 1. The van der Waals surface area contributed by atoms with Crippen molar-refractivity contribution >= 4 is 19.8 Å². The van der Waals surface area contributed by atoms with E-state index in [-0.39, 0.29) is 32.0 Å². The van der Waals surface area contributed by atoms with Gasteiger partial charge in [-0.1, -0.05) is 244 Å². The molecule has 0 amide bonds. The van der Waals surface area contributed by atoms with Crippen LogP contribution in [0.2, 0.25) is 0 Å². The van der Waals surface area contributed by atoms with Gasteiger partial charge in [-0.25, -0.2) is 4.57 Å². The van der Waals surface area contributed by atoms with Gasteiger partial charge in [0.05, 0.1) is 27.7 Å². The van der Waals surface area contributed by atoms with Gasteiger partial charge in [0.1, 0.15) is 19.8 Å². The smallest absolute Gasteiger partial charge is 0.462 e. The van der Waals surface area contributed by atoms with Crippen LogP contribution in [0.15, 0.2) is 134 Å². The Kier molecular flexibility index (Phi) is 55.9. The second kappa shape index (κ2) is 58.8. The Bertz CT molecular complexity index is 1790. The molecule has 0 aliphatic rings. The van der Waals surface area contributed by atoms with Gasteiger partial charge in [0, 0.05) is 12.8 Å². The van der Waals surface area contributed by atoms with Crippen molar-refractivity contribution in [2.24, 2.45) is 0 Å². The summed E-state index contributed by atoms with van der Waals surface area (Å²) in [5.74, 6) is -0.822. The number of nitrogens with zero attached hydrogens (tertiary/aromatic N) is 1. The van der Waals surface area contributed by atoms with Crippen molar-refractivity contribution in [3.8, 4) is 0 Å². The minimum absolute atomic E-state index is 0.0227. The van der Waals surface area contributed by atoms with Crippen molar-refractivity contribution in [1.82, 2.24) is 0 Å². The van der Waals surface area contributed by atoms with Gasteiger partial charge in [-0.15, -0.1) is 0 Å². The van der Waals surface area contributed by atoms with Crippen LogP contribution in [0.4, 0.5) is 0 Å². The molecular formula is C69H117NO8P+. The highest BCUT2D eigenvalue weighted by Gasteiger charge is 2.27. The largest absolute Gasteiger partial charge is 0.472 e. The van der Waals surface area contributed by atoms with Crippen molar-refractivity contribution in [2.45, 2.75) is 245 Å². The summed E-state index contributed by atoms with van der Waals surface area (Å²) in [5.41, 5.74) is 0. The molecule has 0 radical (unpaired) electrons. The Morgan fingerprint density at radius 2 is 0.722 bits per heavy atom. The lowest BCUT2D eigenvalue weighted by Crippen LogP contribution is -2.37. The van der Waals surface area contributed by atoms with E-state index in [1.165, 1.54) is 77.0 Å². The SMILES string of the molecule is CC/C=C\C/C=C\C/C=C\C/C=C\C/C=C\C/C=C\C/C=C\C/C=C\C/C=C\C/C=C\CCCCCCCCCCC(=O)OC(COC(=O)CCCCCCC/C=C\CCCCCCCCC)COP(=O)(O)OCC[N+](C)(C)C. The number of allylic oxidation sites excluding steroid dienone is 22. The zero-order chi connectivity index (χ0) is 57.7. The molecular weight excluding hydrogens is 1000 g/mol. The van der Waals surface area contributed by atoms with E-state index in [9.17, 15) is 19.0 Å². The summed E-state index contributed by atoms with van der Waals surface area (Å²) in [5, 5.41) is 0. The fourth-order valence-electron chi connectivity index (χ4n) is 8.10. The van der Waals surface area contributed by atoms with E-state index in [2.05, 4.69) is 148 Å². The van der Waals surface area contributed by atoms with Crippen LogP contribution >= 0.6 is 7.82 Å². The maximum absolute atomic E-state index is 12.8. The number of unbranched alkanes of at least 4 members (excludes halogenated alkanes) is 20. The Balaban J connectivity index is 4.14. The summed E-state index contributed by atoms with van der Waals surface area (Å²) in [6.07, 6.45) is 85.3. The monoisotopic (exact) mass is 1120 g/mol. The topological polar surface area (TPSA) is 108 Å². The normalized spacial score (nSPS) is 14.2. The molecule has 79 heavy (non-hydrogen) atoms. The van der Waals surface area contributed by atoms with Crippen LogP contribution in [0.1, 0.15) is 239 Å². The Hall–Kier alpha value is -3.85. The number of likely N-dealkylation sites (N-methyl/N-ethyl adjacent to an activating group) is 1. The Morgan fingerprint density at radius 3 is 1.09 bits per heavy atom. The van der Waals surface area contributed by atoms with Gasteiger partial charge in [0.15, 0.2) is 6.10 Å². The van der Waals surface area contributed by atoms with Crippen LogP contribution in [0.25, 0.3) is 0 Å². The Morgan fingerprint density at radius 1 is 0.405 bits per heavy atom. The summed E-state index contributed by atoms with van der Waals surface area (Å²) in [6.45, 7) is 4.29. The first-order valence-electron chi connectivity index (χ1n) is 31.4. The third kappa shape index (κ3) is 63.2. The van der Waals surface area contributed by atoms with Gasteiger partial charge in [-0.3, -0.25) is 18.6 Å². The molecule has 0 aromatic rings. The number of rotatable bonds is 56.